The zero-order valence-corrected chi connectivity index (χ0v) is 13.9. The number of nitrogens with one attached hydrogen (secondary N) is 2. The van der Waals surface area contributed by atoms with Gasteiger partial charge in [-0.2, -0.15) is 0 Å². The van der Waals surface area contributed by atoms with Crippen LogP contribution >= 0.6 is 0 Å². The van der Waals surface area contributed by atoms with E-state index in [0.29, 0.717) is 17.9 Å². The molecule has 0 aliphatic rings. The fourth-order valence-corrected chi connectivity index (χ4v) is 2.79. The molecule has 0 saturated carbocycles. The first-order valence-corrected chi connectivity index (χ1v) is 9.03. The molecule has 0 radical (unpaired) electrons. The summed E-state index contributed by atoms with van der Waals surface area (Å²) in [5.41, 5.74) is 0.467. The molecule has 6 nitrogen and oxygen atoms in total. The summed E-state index contributed by atoms with van der Waals surface area (Å²) in [7, 11) is -1.79. The van der Waals surface area contributed by atoms with E-state index in [0.717, 1.165) is 19.3 Å². The van der Waals surface area contributed by atoms with Crippen LogP contribution < -0.4 is 14.8 Å². The van der Waals surface area contributed by atoms with Crippen molar-refractivity contribution in [2.45, 2.75) is 26.2 Å². The number of amides is 1. The Bertz CT molecular complexity index is 555. The average molecular weight is 328 g/mol. The lowest BCUT2D eigenvalue weighted by atomic mass is 10.2. The third-order valence-electron chi connectivity index (χ3n) is 3.11. The molecule has 0 aliphatic carbocycles. The summed E-state index contributed by atoms with van der Waals surface area (Å²) in [6, 6.07) is 6.62. The van der Waals surface area contributed by atoms with Crippen molar-refractivity contribution < 1.29 is 17.9 Å². The number of sulfonamides is 1. The maximum atomic E-state index is 11.9. The minimum Gasteiger partial charge on any atom is -0.497 e. The van der Waals surface area contributed by atoms with E-state index >= 15 is 0 Å². The number of benzene rings is 1. The number of hydrogen-bond acceptors (Lipinski definition) is 4. The van der Waals surface area contributed by atoms with Crippen LogP contribution in [0, 0.1) is 0 Å². The fraction of sp³-hybridized carbons (Fsp3) is 0.533. The Kier molecular flexibility index (Phi) is 7.90. The van der Waals surface area contributed by atoms with E-state index in [4.69, 9.17) is 4.74 Å². The molecule has 0 unspecified atom stereocenters. The quantitative estimate of drug-likeness (QED) is 0.638. The highest BCUT2D eigenvalue weighted by Gasteiger charge is 2.11. The van der Waals surface area contributed by atoms with Gasteiger partial charge < -0.3 is 10.1 Å². The highest BCUT2D eigenvalue weighted by atomic mass is 32.2. The van der Waals surface area contributed by atoms with E-state index < -0.39 is 10.0 Å². The largest absolute Gasteiger partial charge is 0.497 e. The summed E-state index contributed by atoms with van der Waals surface area (Å²) in [5, 5.41) is 2.60. The molecular weight excluding hydrogens is 304 g/mol. The number of ether oxygens (including phenoxy) is 1. The summed E-state index contributed by atoms with van der Waals surface area (Å²) >= 11 is 0. The number of methoxy groups -OCH3 is 1. The first kappa shape index (κ1) is 18.4. The molecule has 1 aromatic carbocycles. The smallest absolute Gasteiger partial charge is 0.251 e. The van der Waals surface area contributed by atoms with Crippen molar-refractivity contribution in [1.82, 2.24) is 10.0 Å². The van der Waals surface area contributed by atoms with E-state index in [1.807, 2.05) is 0 Å². The number of rotatable bonds is 10. The maximum Gasteiger partial charge on any atom is 0.251 e. The fourth-order valence-electron chi connectivity index (χ4n) is 1.82. The third-order valence-corrected chi connectivity index (χ3v) is 4.50. The van der Waals surface area contributed by atoms with E-state index in [9.17, 15) is 13.2 Å². The van der Waals surface area contributed by atoms with Gasteiger partial charge >= 0.3 is 0 Å². The molecule has 0 atom stereocenters. The average Bonchev–Trinajstić information content (AvgIpc) is 2.51. The van der Waals surface area contributed by atoms with Gasteiger partial charge in [-0.1, -0.05) is 19.8 Å². The molecule has 7 heteroatoms. The van der Waals surface area contributed by atoms with Crippen molar-refractivity contribution >= 4 is 15.9 Å². The van der Waals surface area contributed by atoms with E-state index in [2.05, 4.69) is 17.0 Å². The van der Waals surface area contributed by atoms with Gasteiger partial charge in [-0.3, -0.25) is 4.79 Å². The molecule has 0 aliphatic heterocycles. The van der Waals surface area contributed by atoms with Gasteiger partial charge in [-0.25, -0.2) is 13.1 Å². The van der Waals surface area contributed by atoms with Crippen LogP contribution in [0.5, 0.6) is 5.75 Å². The van der Waals surface area contributed by atoms with Crippen LogP contribution in [0.3, 0.4) is 0 Å². The van der Waals surface area contributed by atoms with Crippen LogP contribution in [0.15, 0.2) is 24.3 Å². The molecule has 0 heterocycles. The topological polar surface area (TPSA) is 84.5 Å². The van der Waals surface area contributed by atoms with Gasteiger partial charge in [0.05, 0.1) is 12.9 Å². The molecule has 0 saturated heterocycles. The van der Waals surface area contributed by atoms with Crippen molar-refractivity contribution in [3.05, 3.63) is 29.8 Å². The second kappa shape index (κ2) is 9.42. The predicted octanol–water partition coefficient (Wildman–Crippen LogP) is 1.53. The molecule has 22 heavy (non-hydrogen) atoms. The number of carbonyl (C=O) groups excluding carboxylic acids is 1. The Balaban J connectivity index is 2.34. The molecule has 0 bridgehead atoms. The Labute approximate surface area is 132 Å². The van der Waals surface area contributed by atoms with Crippen molar-refractivity contribution in [1.29, 1.82) is 0 Å². The molecule has 0 spiro atoms. The number of carbonyl (C=O) groups is 1. The molecule has 124 valence electrons. The van der Waals surface area contributed by atoms with Gasteiger partial charge in [-0.05, 0) is 30.7 Å². The minimum absolute atomic E-state index is 0.0774. The van der Waals surface area contributed by atoms with Crippen molar-refractivity contribution in [2.75, 3.05) is 26.0 Å². The van der Waals surface area contributed by atoms with E-state index in [1.54, 1.807) is 31.4 Å². The highest BCUT2D eigenvalue weighted by Crippen LogP contribution is 2.10. The van der Waals surface area contributed by atoms with Crippen LogP contribution in [0.25, 0.3) is 0 Å². The second-order valence-electron chi connectivity index (χ2n) is 4.90. The van der Waals surface area contributed by atoms with Crippen LogP contribution in [0.4, 0.5) is 0 Å². The number of unbranched alkanes of at least 4 members (excludes halogenated alkanes) is 2. The molecule has 1 aromatic rings. The predicted molar refractivity (Wildman–Crippen MR) is 86.6 cm³/mol. The van der Waals surface area contributed by atoms with Gasteiger partial charge in [-0.15, -0.1) is 0 Å². The maximum absolute atomic E-state index is 11.9. The summed E-state index contributed by atoms with van der Waals surface area (Å²) in [4.78, 5) is 11.9. The van der Waals surface area contributed by atoms with Gasteiger partial charge in [0, 0.05) is 18.7 Å². The minimum atomic E-state index is -3.34. The second-order valence-corrected chi connectivity index (χ2v) is 6.83. The summed E-state index contributed by atoms with van der Waals surface area (Å²) in [6.07, 6.45) is 2.87. The van der Waals surface area contributed by atoms with E-state index in [-0.39, 0.29) is 18.2 Å². The van der Waals surface area contributed by atoms with Crippen molar-refractivity contribution in [3.63, 3.8) is 0 Å². The summed E-state index contributed by atoms with van der Waals surface area (Å²) in [5.74, 6) is 0.236. The summed E-state index contributed by atoms with van der Waals surface area (Å²) in [6.45, 7) is 2.58. The third kappa shape index (κ3) is 6.91. The highest BCUT2D eigenvalue weighted by molar-refractivity contribution is 7.89. The SMILES string of the molecule is CCCCCNS(=O)(=O)CCNC(=O)c1ccc(OC)cc1. The van der Waals surface area contributed by atoms with Crippen molar-refractivity contribution in [2.24, 2.45) is 0 Å². The first-order chi connectivity index (χ1) is 10.5. The Morgan fingerprint density at radius 2 is 1.82 bits per heavy atom. The van der Waals surface area contributed by atoms with Crippen LogP contribution in [-0.2, 0) is 10.0 Å². The zero-order valence-electron chi connectivity index (χ0n) is 13.1. The molecule has 2 N–H and O–H groups in total. The van der Waals surface area contributed by atoms with Gasteiger partial charge in [0.2, 0.25) is 10.0 Å². The molecular formula is C15H24N2O4S. The van der Waals surface area contributed by atoms with Crippen LogP contribution in [-0.4, -0.2) is 40.3 Å². The van der Waals surface area contributed by atoms with Crippen LogP contribution in [0.2, 0.25) is 0 Å². The Morgan fingerprint density at radius 1 is 1.14 bits per heavy atom. The molecule has 0 fully saturated rings. The summed E-state index contributed by atoms with van der Waals surface area (Å²) < 4.78 is 31.0. The van der Waals surface area contributed by atoms with Gasteiger partial charge in [0.25, 0.3) is 5.91 Å². The number of hydrogen-bond donors (Lipinski definition) is 2. The van der Waals surface area contributed by atoms with Gasteiger partial charge in [0.1, 0.15) is 5.75 Å². The lowest BCUT2D eigenvalue weighted by molar-refractivity contribution is 0.0956. The monoisotopic (exact) mass is 328 g/mol. The van der Waals surface area contributed by atoms with Crippen molar-refractivity contribution in [3.8, 4) is 5.75 Å². The Morgan fingerprint density at radius 3 is 2.41 bits per heavy atom. The van der Waals surface area contributed by atoms with E-state index in [1.165, 1.54) is 0 Å². The Hall–Kier alpha value is -1.60. The standard InChI is InChI=1S/C15H24N2O4S/c1-3-4-5-10-17-22(19,20)12-11-16-15(18)13-6-8-14(21-2)9-7-13/h6-9,17H,3-5,10-12H2,1-2H3,(H,16,18). The lowest BCUT2D eigenvalue weighted by Gasteiger charge is -2.08. The lowest BCUT2D eigenvalue weighted by Crippen LogP contribution is -2.34. The van der Waals surface area contributed by atoms with Gasteiger partial charge in [0.15, 0.2) is 0 Å². The molecule has 1 rings (SSSR count). The van der Waals surface area contributed by atoms with Crippen LogP contribution in [0.1, 0.15) is 36.5 Å². The zero-order chi connectivity index (χ0) is 16.4. The molecule has 0 aromatic heterocycles. The first-order valence-electron chi connectivity index (χ1n) is 7.38. The molecule has 1 amide bonds. The normalized spacial score (nSPS) is 11.2.